The molecule has 0 radical (unpaired) electrons. The number of aliphatic carboxylic acids is 1. The van der Waals surface area contributed by atoms with E-state index in [2.05, 4.69) is 4.74 Å². The SMILES string of the molecule is COc1ccc(CC(C)(C)C(=O)O)cc1C(F)(F)F. The number of carboxylic acid groups (broad SMARTS) is 1. The first-order valence-electron chi connectivity index (χ1n) is 5.55. The second kappa shape index (κ2) is 5.11. The predicted molar refractivity (Wildman–Crippen MR) is 63.1 cm³/mol. The molecule has 0 saturated heterocycles. The minimum absolute atomic E-state index is 0.00933. The lowest BCUT2D eigenvalue weighted by molar-refractivity contribution is -0.146. The Hall–Kier alpha value is -1.72. The van der Waals surface area contributed by atoms with Crippen LogP contribution in [0, 0.1) is 5.41 Å². The highest BCUT2D eigenvalue weighted by atomic mass is 19.4. The Labute approximate surface area is 109 Å². The number of carboxylic acids is 1. The van der Waals surface area contributed by atoms with Gasteiger partial charge in [0.25, 0.3) is 0 Å². The maximum absolute atomic E-state index is 12.8. The molecule has 3 nitrogen and oxygen atoms in total. The molecule has 0 aliphatic heterocycles. The molecule has 0 atom stereocenters. The van der Waals surface area contributed by atoms with E-state index in [1.165, 1.54) is 26.0 Å². The molecule has 1 rings (SSSR count). The average molecular weight is 276 g/mol. The van der Waals surface area contributed by atoms with Gasteiger partial charge in [-0.05, 0) is 38.0 Å². The number of benzene rings is 1. The molecule has 0 unspecified atom stereocenters. The van der Waals surface area contributed by atoms with Crippen molar-refractivity contribution in [3.8, 4) is 5.75 Å². The van der Waals surface area contributed by atoms with Crippen LogP contribution in [0.25, 0.3) is 0 Å². The summed E-state index contributed by atoms with van der Waals surface area (Å²) in [5.74, 6) is -1.33. The van der Waals surface area contributed by atoms with E-state index in [1.807, 2.05) is 0 Å². The van der Waals surface area contributed by atoms with E-state index in [1.54, 1.807) is 0 Å². The number of rotatable bonds is 4. The summed E-state index contributed by atoms with van der Waals surface area (Å²) in [6.07, 6.45) is -4.52. The maximum atomic E-state index is 12.8. The lowest BCUT2D eigenvalue weighted by atomic mass is 9.85. The van der Waals surface area contributed by atoms with Crippen molar-refractivity contribution in [3.63, 3.8) is 0 Å². The third-order valence-corrected chi connectivity index (χ3v) is 2.79. The fourth-order valence-electron chi connectivity index (χ4n) is 1.67. The third-order valence-electron chi connectivity index (χ3n) is 2.79. The lowest BCUT2D eigenvalue weighted by Crippen LogP contribution is -2.26. The summed E-state index contributed by atoms with van der Waals surface area (Å²) < 4.78 is 43.1. The molecule has 0 saturated carbocycles. The van der Waals surface area contributed by atoms with Crippen molar-refractivity contribution >= 4 is 5.97 Å². The monoisotopic (exact) mass is 276 g/mol. The zero-order valence-electron chi connectivity index (χ0n) is 10.8. The Morgan fingerprint density at radius 2 is 1.89 bits per heavy atom. The first kappa shape index (κ1) is 15.3. The summed E-state index contributed by atoms with van der Waals surface area (Å²) in [7, 11) is 1.16. The van der Waals surface area contributed by atoms with Gasteiger partial charge in [0.2, 0.25) is 0 Å². The zero-order chi connectivity index (χ0) is 14.8. The van der Waals surface area contributed by atoms with Crippen molar-refractivity contribution in [2.75, 3.05) is 7.11 Å². The average Bonchev–Trinajstić information content (AvgIpc) is 2.27. The second-order valence-electron chi connectivity index (χ2n) is 4.90. The fraction of sp³-hybridized carbons (Fsp3) is 0.462. The number of ether oxygens (including phenoxy) is 1. The first-order valence-corrected chi connectivity index (χ1v) is 5.55. The Bertz CT molecular complexity index is 479. The van der Waals surface area contributed by atoms with Gasteiger partial charge >= 0.3 is 12.1 Å². The van der Waals surface area contributed by atoms with Crippen LogP contribution < -0.4 is 4.74 Å². The van der Waals surface area contributed by atoms with Crippen molar-refractivity contribution in [1.29, 1.82) is 0 Å². The van der Waals surface area contributed by atoms with Gasteiger partial charge in [-0.1, -0.05) is 6.07 Å². The summed E-state index contributed by atoms with van der Waals surface area (Å²) in [6.45, 7) is 2.93. The van der Waals surface area contributed by atoms with Gasteiger partial charge in [0, 0.05) is 0 Å². The van der Waals surface area contributed by atoms with E-state index in [0.717, 1.165) is 13.2 Å². The van der Waals surface area contributed by atoms with Crippen LogP contribution in [-0.2, 0) is 17.4 Å². The van der Waals surface area contributed by atoms with Gasteiger partial charge in [-0.3, -0.25) is 4.79 Å². The Morgan fingerprint density at radius 3 is 2.32 bits per heavy atom. The van der Waals surface area contributed by atoms with Crippen LogP contribution in [0.5, 0.6) is 5.75 Å². The molecule has 0 aliphatic rings. The Kier molecular flexibility index (Phi) is 4.12. The molecule has 1 aromatic carbocycles. The smallest absolute Gasteiger partial charge is 0.419 e. The van der Waals surface area contributed by atoms with Crippen molar-refractivity contribution in [3.05, 3.63) is 29.3 Å². The highest BCUT2D eigenvalue weighted by Gasteiger charge is 2.35. The normalized spacial score (nSPS) is 12.3. The largest absolute Gasteiger partial charge is 0.496 e. The third kappa shape index (κ3) is 3.62. The van der Waals surface area contributed by atoms with Crippen LogP contribution in [0.15, 0.2) is 18.2 Å². The van der Waals surface area contributed by atoms with Crippen LogP contribution in [0.1, 0.15) is 25.0 Å². The summed E-state index contributed by atoms with van der Waals surface area (Å²) in [6, 6.07) is 3.58. The van der Waals surface area contributed by atoms with Crippen LogP contribution >= 0.6 is 0 Å². The number of methoxy groups -OCH3 is 1. The molecule has 1 N–H and O–H groups in total. The molecule has 0 aliphatic carbocycles. The number of hydrogen-bond donors (Lipinski definition) is 1. The van der Waals surface area contributed by atoms with Crippen molar-refractivity contribution in [2.24, 2.45) is 5.41 Å². The molecule has 19 heavy (non-hydrogen) atoms. The standard InChI is InChI=1S/C13H15F3O3/c1-12(2,11(17)18)7-8-4-5-10(19-3)9(6-8)13(14,15)16/h4-6H,7H2,1-3H3,(H,17,18). The summed E-state index contributed by atoms with van der Waals surface area (Å²) in [5.41, 5.74) is -1.72. The van der Waals surface area contributed by atoms with Gasteiger partial charge in [-0.2, -0.15) is 13.2 Å². The van der Waals surface area contributed by atoms with Gasteiger partial charge in [0.05, 0.1) is 18.1 Å². The quantitative estimate of drug-likeness (QED) is 0.917. The van der Waals surface area contributed by atoms with E-state index in [9.17, 15) is 18.0 Å². The fourth-order valence-corrected chi connectivity index (χ4v) is 1.67. The summed E-state index contributed by atoms with van der Waals surface area (Å²) >= 11 is 0. The van der Waals surface area contributed by atoms with Gasteiger partial charge in [0.15, 0.2) is 0 Å². The summed E-state index contributed by atoms with van der Waals surface area (Å²) in [5, 5.41) is 8.99. The van der Waals surface area contributed by atoms with Gasteiger partial charge in [-0.15, -0.1) is 0 Å². The van der Waals surface area contributed by atoms with E-state index in [4.69, 9.17) is 5.11 Å². The van der Waals surface area contributed by atoms with Gasteiger partial charge < -0.3 is 9.84 Å². The highest BCUT2D eigenvalue weighted by molar-refractivity contribution is 5.74. The van der Waals surface area contributed by atoms with Gasteiger partial charge in [-0.25, -0.2) is 0 Å². The minimum atomic E-state index is -4.53. The van der Waals surface area contributed by atoms with Crippen LogP contribution in [0.2, 0.25) is 0 Å². The van der Waals surface area contributed by atoms with Crippen LogP contribution in [-0.4, -0.2) is 18.2 Å². The van der Waals surface area contributed by atoms with Gasteiger partial charge in [0.1, 0.15) is 5.75 Å². The molecule has 1 aromatic rings. The number of halogens is 3. The highest BCUT2D eigenvalue weighted by Crippen LogP contribution is 2.37. The molecule has 0 spiro atoms. The van der Waals surface area contributed by atoms with E-state index >= 15 is 0 Å². The number of alkyl halides is 3. The predicted octanol–water partition coefficient (Wildman–Crippen LogP) is 3.37. The number of hydrogen-bond acceptors (Lipinski definition) is 2. The van der Waals surface area contributed by atoms with Crippen LogP contribution in [0.3, 0.4) is 0 Å². The Balaban J connectivity index is 3.16. The molecule has 106 valence electrons. The van der Waals surface area contributed by atoms with E-state index in [-0.39, 0.29) is 12.2 Å². The molecular formula is C13H15F3O3. The summed E-state index contributed by atoms with van der Waals surface area (Å²) in [4.78, 5) is 11.0. The van der Waals surface area contributed by atoms with Crippen molar-refractivity contribution in [1.82, 2.24) is 0 Å². The van der Waals surface area contributed by atoms with Crippen molar-refractivity contribution in [2.45, 2.75) is 26.4 Å². The molecule has 0 heterocycles. The second-order valence-corrected chi connectivity index (χ2v) is 4.90. The van der Waals surface area contributed by atoms with E-state index in [0.29, 0.717) is 5.56 Å². The first-order chi connectivity index (χ1) is 8.58. The Morgan fingerprint density at radius 1 is 1.32 bits per heavy atom. The van der Waals surface area contributed by atoms with E-state index < -0.39 is 23.1 Å². The topological polar surface area (TPSA) is 46.5 Å². The minimum Gasteiger partial charge on any atom is -0.496 e. The molecule has 0 aromatic heterocycles. The molecule has 6 heteroatoms. The zero-order valence-corrected chi connectivity index (χ0v) is 10.8. The van der Waals surface area contributed by atoms with Crippen LogP contribution in [0.4, 0.5) is 13.2 Å². The lowest BCUT2D eigenvalue weighted by Gasteiger charge is -2.20. The molecule has 0 bridgehead atoms. The molecule has 0 fully saturated rings. The van der Waals surface area contributed by atoms with Crippen molar-refractivity contribution < 1.29 is 27.8 Å². The molecule has 0 amide bonds. The number of carbonyl (C=O) groups is 1. The molecular weight excluding hydrogens is 261 g/mol. The maximum Gasteiger partial charge on any atom is 0.419 e.